The van der Waals surface area contributed by atoms with Gasteiger partial charge in [-0.15, -0.1) is 0 Å². The Labute approximate surface area is 113 Å². The summed E-state index contributed by atoms with van der Waals surface area (Å²) in [5.74, 6) is -0.609. The first kappa shape index (κ1) is 15.6. The highest BCUT2D eigenvalue weighted by Crippen LogP contribution is 2.09. The van der Waals surface area contributed by atoms with Crippen LogP contribution in [0.15, 0.2) is 24.3 Å². The quantitative estimate of drug-likeness (QED) is 0.828. The third-order valence-electron chi connectivity index (χ3n) is 2.68. The molecule has 4 nitrogen and oxygen atoms in total. The number of aliphatic hydroxyl groups excluding tert-OH is 1. The normalized spacial score (nSPS) is 12.8. The SMILES string of the molecule is CC(O)CN(CC(=O)Nc1cccc(F)c1)C(C)C. The Hall–Kier alpha value is -1.46. The zero-order valence-electron chi connectivity index (χ0n) is 11.6. The highest BCUT2D eigenvalue weighted by atomic mass is 19.1. The number of carbonyl (C=O) groups excluding carboxylic acids is 1. The second-order valence-electron chi connectivity index (χ2n) is 4.93. The minimum Gasteiger partial charge on any atom is -0.392 e. The molecule has 1 unspecified atom stereocenters. The molecule has 0 saturated heterocycles. The Morgan fingerprint density at radius 3 is 2.63 bits per heavy atom. The second-order valence-corrected chi connectivity index (χ2v) is 4.93. The fourth-order valence-corrected chi connectivity index (χ4v) is 1.75. The summed E-state index contributed by atoms with van der Waals surface area (Å²) in [5, 5.41) is 12.0. The van der Waals surface area contributed by atoms with Crippen molar-refractivity contribution >= 4 is 11.6 Å². The number of nitrogens with one attached hydrogen (secondary N) is 1. The van der Waals surface area contributed by atoms with Gasteiger partial charge in [0.15, 0.2) is 0 Å². The molecule has 1 aromatic rings. The van der Waals surface area contributed by atoms with Crippen LogP contribution in [0.3, 0.4) is 0 Å². The van der Waals surface area contributed by atoms with E-state index in [0.717, 1.165) is 0 Å². The van der Waals surface area contributed by atoms with E-state index >= 15 is 0 Å². The van der Waals surface area contributed by atoms with Gasteiger partial charge in [0, 0.05) is 18.3 Å². The maximum absolute atomic E-state index is 13.0. The van der Waals surface area contributed by atoms with E-state index in [1.54, 1.807) is 19.1 Å². The molecule has 19 heavy (non-hydrogen) atoms. The lowest BCUT2D eigenvalue weighted by Gasteiger charge is -2.26. The van der Waals surface area contributed by atoms with Gasteiger partial charge in [-0.25, -0.2) is 4.39 Å². The van der Waals surface area contributed by atoms with Crippen molar-refractivity contribution < 1.29 is 14.3 Å². The fourth-order valence-electron chi connectivity index (χ4n) is 1.75. The minimum absolute atomic E-state index is 0.146. The largest absolute Gasteiger partial charge is 0.392 e. The van der Waals surface area contributed by atoms with E-state index in [9.17, 15) is 14.3 Å². The lowest BCUT2D eigenvalue weighted by Crippen LogP contribution is -2.41. The molecule has 0 radical (unpaired) electrons. The number of aliphatic hydroxyl groups is 1. The first-order valence-corrected chi connectivity index (χ1v) is 6.36. The number of halogens is 1. The standard InChI is InChI=1S/C14H21FN2O2/c1-10(2)17(8-11(3)18)9-14(19)16-13-6-4-5-12(15)7-13/h4-7,10-11,18H,8-9H2,1-3H3,(H,16,19). The van der Waals surface area contributed by atoms with Gasteiger partial charge in [-0.3, -0.25) is 9.69 Å². The van der Waals surface area contributed by atoms with Gasteiger partial charge < -0.3 is 10.4 Å². The van der Waals surface area contributed by atoms with Crippen LogP contribution in [-0.2, 0) is 4.79 Å². The van der Waals surface area contributed by atoms with Crippen LogP contribution in [0, 0.1) is 5.82 Å². The summed E-state index contributed by atoms with van der Waals surface area (Å²) >= 11 is 0. The maximum Gasteiger partial charge on any atom is 0.238 e. The summed E-state index contributed by atoms with van der Waals surface area (Å²) in [5.41, 5.74) is 0.436. The van der Waals surface area contributed by atoms with Gasteiger partial charge in [-0.05, 0) is 39.0 Å². The van der Waals surface area contributed by atoms with E-state index in [4.69, 9.17) is 0 Å². The maximum atomic E-state index is 13.0. The summed E-state index contributed by atoms with van der Waals surface area (Å²) in [7, 11) is 0. The predicted molar refractivity (Wildman–Crippen MR) is 73.4 cm³/mol. The van der Waals surface area contributed by atoms with E-state index in [-0.39, 0.29) is 24.3 Å². The van der Waals surface area contributed by atoms with E-state index < -0.39 is 6.10 Å². The van der Waals surface area contributed by atoms with Gasteiger partial charge >= 0.3 is 0 Å². The molecule has 106 valence electrons. The predicted octanol–water partition coefficient (Wildman–Crippen LogP) is 1.86. The first-order valence-electron chi connectivity index (χ1n) is 6.36. The molecule has 5 heteroatoms. The van der Waals surface area contributed by atoms with Gasteiger partial charge in [0.2, 0.25) is 5.91 Å². The summed E-state index contributed by atoms with van der Waals surface area (Å²) in [6, 6.07) is 5.92. The molecule has 0 saturated carbocycles. The zero-order valence-corrected chi connectivity index (χ0v) is 11.6. The van der Waals surface area contributed by atoms with Crippen molar-refractivity contribution in [2.24, 2.45) is 0 Å². The molecular formula is C14H21FN2O2. The number of carbonyl (C=O) groups is 1. The second kappa shape index (κ2) is 7.21. The van der Waals surface area contributed by atoms with E-state index in [1.807, 2.05) is 18.7 Å². The highest BCUT2D eigenvalue weighted by Gasteiger charge is 2.16. The molecule has 0 aromatic heterocycles. The molecule has 0 aliphatic heterocycles. The topological polar surface area (TPSA) is 52.6 Å². The number of benzene rings is 1. The Bertz CT molecular complexity index is 422. The molecule has 0 spiro atoms. The summed E-state index contributed by atoms with van der Waals surface area (Å²) in [4.78, 5) is 13.7. The van der Waals surface area contributed by atoms with Crippen molar-refractivity contribution in [3.8, 4) is 0 Å². The number of amides is 1. The molecule has 0 fully saturated rings. The average Bonchev–Trinajstić information content (AvgIpc) is 2.27. The van der Waals surface area contributed by atoms with Gasteiger partial charge in [-0.2, -0.15) is 0 Å². The molecule has 0 bridgehead atoms. The van der Waals surface area contributed by atoms with Gasteiger partial charge in [0.1, 0.15) is 5.82 Å². The van der Waals surface area contributed by atoms with Crippen LogP contribution in [0.2, 0.25) is 0 Å². The summed E-state index contributed by atoms with van der Waals surface area (Å²) in [6.45, 7) is 6.18. The van der Waals surface area contributed by atoms with Crippen LogP contribution in [-0.4, -0.2) is 41.1 Å². The Morgan fingerprint density at radius 2 is 2.11 bits per heavy atom. The lowest BCUT2D eigenvalue weighted by atomic mass is 10.2. The van der Waals surface area contributed by atoms with Crippen LogP contribution in [0.25, 0.3) is 0 Å². The Morgan fingerprint density at radius 1 is 1.42 bits per heavy atom. The van der Waals surface area contributed by atoms with Crippen LogP contribution in [0.4, 0.5) is 10.1 Å². The van der Waals surface area contributed by atoms with Crippen molar-refractivity contribution in [2.75, 3.05) is 18.4 Å². The van der Waals surface area contributed by atoms with Gasteiger partial charge in [0.25, 0.3) is 0 Å². The third-order valence-corrected chi connectivity index (χ3v) is 2.68. The van der Waals surface area contributed by atoms with Crippen molar-refractivity contribution in [3.05, 3.63) is 30.1 Å². The van der Waals surface area contributed by atoms with Crippen molar-refractivity contribution in [1.82, 2.24) is 4.90 Å². The molecule has 2 N–H and O–H groups in total. The summed E-state index contributed by atoms with van der Waals surface area (Å²) in [6.07, 6.45) is -0.496. The Kier molecular flexibility index (Phi) is 5.92. The molecule has 1 amide bonds. The van der Waals surface area contributed by atoms with Gasteiger partial charge in [-0.1, -0.05) is 6.07 Å². The van der Waals surface area contributed by atoms with Gasteiger partial charge in [0.05, 0.1) is 12.6 Å². The first-order chi connectivity index (χ1) is 8.88. The molecule has 1 atom stereocenters. The van der Waals surface area contributed by atoms with E-state index in [0.29, 0.717) is 12.2 Å². The van der Waals surface area contributed by atoms with Crippen molar-refractivity contribution in [2.45, 2.75) is 32.9 Å². The fraction of sp³-hybridized carbons (Fsp3) is 0.500. The molecule has 0 heterocycles. The van der Waals surface area contributed by atoms with Crippen LogP contribution < -0.4 is 5.32 Å². The highest BCUT2D eigenvalue weighted by molar-refractivity contribution is 5.92. The molecule has 0 aliphatic rings. The van der Waals surface area contributed by atoms with Crippen LogP contribution in [0.5, 0.6) is 0 Å². The van der Waals surface area contributed by atoms with Crippen LogP contribution in [0.1, 0.15) is 20.8 Å². The molecule has 0 aliphatic carbocycles. The summed E-state index contributed by atoms with van der Waals surface area (Å²) < 4.78 is 13.0. The smallest absolute Gasteiger partial charge is 0.238 e. The Balaban J connectivity index is 2.57. The lowest BCUT2D eigenvalue weighted by molar-refractivity contribution is -0.118. The number of hydrogen-bond acceptors (Lipinski definition) is 3. The third kappa shape index (κ3) is 5.81. The zero-order chi connectivity index (χ0) is 14.4. The van der Waals surface area contributed by atoms with Crippen molar-refractivity contribution in [3.63, 3.8) is 0 Å². The number of rotatable bonds is 6. The molecule has 1 aromatic carbocycles. The molecular weight excluding hydrogens is 247 g/mol. The van der Waals surface area contributed by atoms with E-state index in [2.05, 4.69) is 5.32 Å². The number of nitrogens with zero attached hydrogens (tertiary/aromatic N) is 1. The number of hydrogen-bond donors (Lipinski definition) is 2. The van der Waals surface area contributed by atoms with E-state index in [1.165, 1.54) is 12.1 Å². The number of anilines is 1. The monoisotopic (exact) mass is 268 g/mol. The van der Waals surface area contributed by atoms with Crippen molar-refractivity contribution in [1.29, 1.82) is 0 Å². The molecule has 1 rings (SSSR count). The average molecular weight is 268 g/mol. The minimum atomic E-state index is -0.496. The van der Waals surface area contributed by atoms with Crippen LogP contribution >= 0.6 is 0 Å².